The minimum atomic E-state index is 0.588. The number of piperidine rings is 3. The molecule has 3 heteroatoms. The lowest BCUT2D eigenvalue weighted by atomic mass is 9.85. The van der Waals surface area contributed by atoms with Gasteiger partial charge < -0.3 is 9.80 Å². The van der Waals surface area contributed by atoms with Gasteiger partial charge in [0.1, 0.15) is 0 Å². The molecule has 79 valence electrons. The molecule has 0 aromatic carbocycles. The highest BCUT2D eigenvalue weighted by Gasteiger charge is 2.45. The van der Waals surface area contributed by atoms with E-state index in [1.54, 1.807) is 0 Å². The molecular weight excluding hydrogens is 174 g/mol. The third-order valence-electron chi connectivity index (χ3n) is 4.54. The molecule has 0 aromatic rings. The number of fused-ring (bicyclic) bond motifs is 3. The third-order valence-corrected chi connectivity index (χ3v) is 4.54. The molecule has 3 nitrogen and oxygen atoms in total. The van der Waals surface area contributed by atoms with Gasteiger partial charge in [-0.15, -0.1) is 0 Å². The molecule has 1 unspecified atom stereocenters. The number of hydrogen-bond acceptors (Lipinski definition) is 1. The first-order valence-electron chi connectivity index (χ1n) is 6.12. The second-order valence-electron chi connectivity index (χ2n) is 5.21. The van der Waals surface area contributed by atoms with Gasteiger partial charge in [-0.2, -0.15) is 5.32 Å². The first kappa shape index (κ1) is 9.13. The lowest BCUT2D eigenvalue weighted by Gasteiger charge is -2.53. The van der Waals surface area contributed by atoms with Crippen LogP contribution < -0.4 is 10.6 Å². The van der Waals surface area contributed by atoms with Crippen LogP contribution in [0.5, 0.6) is 0 Å². The fraction of sp³-hybridized carbons (Fsp3) is 1.00. The van der Waals surface area contributed by atoms with E-state index in [1.165, 1.54) is 43.4 Å². The number of hydrogen-bond donors (Lipinski definition) is 1. The van der Waals surface area contributed by atoms with Crippen molar-refractivity contribution in [1.29, 1.82) is 0 Å². The van der Waals surface area contributed by atoms with Crippen molar-refractivity contribution < 1.29 is 4.48 Å². The summed E-state index contributed by atoms with van der Waals surface area (Å²) < 4.78 is 1.32. The Labute approximate surface area is 86.4 Å². The van der Waals surface area contributed by atoms with Gasteiger partial charge in [0.15, 0.2) is 6.17 Å². The summed E-state index contributed by atoms with van der Waals surface area (Å²) in [5.74, 6) is 1.06. The molecule has 4 saturated heterocycles. The van der Waals surface area contributed by atoms with Crippen molar-refractivity contribution in [2.75, 3.05) is 39.3 Å². The molecule has 4 rings (SSSR count). The Kier molecular flexibility index (Phi) is 2.26. The zero-order chi connectivity index (χ0) is 9.43. The van der Waals surface area contributed by atoms with E-state index in [1.807, 2.05) is 0 Å². The fourth-order valence-electron chi connectivity index (χ4n) is 3.49. The normalized spacial score (nSPS) is 48.0. The van der Waals surface area contributed by atoms with Gasteiger partial charge in [0.2, 0.25) is 0 Å². The van der Waals surface area contributed by atoms with Crippen molar-refractivity contribution in [3.63, 3.8) is 0 Å². The summed E-state index contributed by atoms with van der Waals surface area (Å²) in [4.78, 5) is 0. The number of piperazine rings is 1. The predicted molar refractivity (Wildman–Crippen MR) is 55.9 cm³/mol. The standard InChI is InChI=1S/C11H21N3/c1-6-14(7-2-10(1)3-8-14)11-9-12-4-5-13-11/h10-12H,1-9H2/q+1. The summed E-state index contributed by atoms with van der Waals surface area (Å²) in [6.45, 7) is 7.47. The first-order chi connectivity index (χ1) is 6.89. The van der Waals surface area contributed by atoms with E-state index < -0.39 is 0 Å². The maximum Gasteiger partial charge on any atom is 0.171 e. The summed E-state index contributed by atoms with van der Waals surface area (Å²) in [5.41, 5.74) is 0. The van der Waals surface area contributed by atoms with Crippen LogP contribution in [0.25, 0.3) is 0 Å². The fourth-order valence-corrected chi connectivity index (χ4v) is 3.49. The van der Waals surface area contributed by atoms with Crippen LogP contribution in [0.15, 0.2) is 0 Å². The van der Waals surface area contributed by atoms with Crippen LogP contribution in [-0.4, -0.2) is 49.9 Å². The zero-order valence-corrected chi connectivity index (χ0v) is 8.91. The van der Waals surface area contributed by atoms with Gasteiger partial charge in [-0.05, 0) is 25.2 Å². The summed E-state index contributed by atoms with van der Waals surface area (Å²) in [5, 5.41) is 8.33. The Morgan fingerprint density at radius 3 is 2.36 bits per heavy atom. The Balaban J connectivity index is 1.73. The van der Waals surface area contributed by atoms with Crippen molar-refractivity contribution in [3.05, 3.63) is 0 Å². The molecule has 4 heterocycles. The number of nitrogens with zero attached hydrogens (tertiary/aromatic N) is 2. The minimum Gasteiger partial charge on any atom is -0.309 e. The Morgan fingerprint density at radius 1 is 1.07 bits per heavy atom. The van der Waals surface area contributed by atoms with Crippen LogP contribution in [0.3, 0.4) is 0 Å². The highest BCUT2D eigenvalue weighted by atomic mass is 15.5. The molecule has 0 spiro atoms. The van der Waals surface area contributed by atoms with Gasteiger partial charge >= 0.3 is 0 Å². The van der Waals surface area contributed by atoms with Crippen molar-refractivity contribution in [3.8, 4) is 0 Å². The molecule has 0 amide bonds. The number of nitrogens with one attached hydrogen (secondary N) is 1. The number of quaternary nitrogens is 1. The Bertz CT molecular complexity index is 189. The summed E-state index contributed by atoms with van der Waals surface area (Å²) >= 11 is 0. The smallest absolute Gasteiger partial charge is 0.171 e. The highest BCUT2D eigenvalue weighted by Crippen LogP contribution is 2.35. The van der Waals surface area contributed by atoms with E-state index in [2.05, 4.69) is 5.32 Å². The summed E-state index contributed by atoms with van der Waals surface area (Å²) in [6.07, 6.45) is 4.98. The van der Waals surface area contributed by atoms with E-state index in [4.69, 9.17) is 5.32 Å². The van der Waals surface area contributed by atoms with Crippen LogP contribution in [0.1, 0.15) is 19.3 Å². The van der Waals surface area contributed by atoms with E-state index in [0.29, 0.717) is 6.17 Å². The maximum absolute atomic E-state index is 4.83. The first-order valence-corrected chi connectivity index (χ1v) is 6.12. The second kappa shape index (κ2) is 3.47. The van der Waals surface area contributed by atoms with Gasteiger partial charge in [-0.25, -0.2) is 0 Å². The summed E-state index contributed by atoms with van der Waals surface area (Å²) in [6, 6.07) is 0. The average molecular weight is 195 g/mol. The van der Waals surface area contributed by atoms with Gasteiger partial charge in [0, 0.05) is 13.1 Å². The molecule has 4 fully saturated rings. The molecule has 1 radical (unpaired) electrons. The molecule has 2 bridgehead atoms. The van der Waals surface area contributed by atoms with Crippen LogP contribution in [0, 0.1) is 5.92 Å². The SMILES string of the molecule is C1CNCC([N+]23CCC(CC2)CC3)[N]1. The molecular formula is C11H21N3+. The van der Waals surface area contributed by atoms with Gasteiger partial charge in [-0.3, -0.25) is 0 Å². The van der Waals surface area contributed by atoms with Crippen LogP contribution in [0.4, 0.5) is 0 Å². The van der Waals surface area contributed by atoms with Gasteiger partial charge in [0.05, 0.1) is 26.2 Å². The number of rotatable bonds is 1. The van der Waals surface area contributed by atoms with Crippen molar-refractivity contribution in [2.45, 2.75) is 25.4 Å². The Morgan fingerprint density at radius 2 is 1.79 bits per heavy atom. The second-order valence-corrected chi connectivity index (χ2v) is 5.21. The lowest BCUT2D eigenvalue weighted by Crippen LogP contribution is -2.69. The van der Waals surface area contributed by atoms with Crippen molar-refractivity contribution in [2.24, 2.45) is 5.92 Å². The minimum absolute atomic E-state index is 0.588. The predicted octanol–water partition coefficient (Wildman–Crippen LogP) is 0.151. The van der Waals surface area contributed by atoms with E-state index in [-0.39, 0.29) is 0 Å². The molecule has 4 aliphatic rings. The third kappa shape index (κ3) is 1.38. The molecule has 0 aromatic heterocycles. The van der Waals surface area contributed by atoms with E-state index in [9.17, 15) is 0 Å². The van der Waals surface area contributed by atoms with Crippen molar-refractivity contribution in [1.82, 2.24) is 10.6 Å². The van der Waals surface area contributed by atoms with Gasteiger partial charge in [-0.1, -0.05) is 0 Å². The van der Waals surface area contributed by atoms with Crippen molar-refractivity contribution >= 4 is 0 Å². The molecule has 1 N–H and O–H groups in total. The molecule has 4 aliphatic heterocycles. The van der Waals surface area contributed by atoms with E-state index in [0.717, 1.165) is 25.6 Å². The highest BCUT2D eigenvalue weighted by molar-refractivity contribution is 4.77. The average Bonchev–Trinajstić information content (AvgIpc) is 2.33. The topological polar surface area (TPSA) is 26.1 Å². The quantitative estimate of drug-likeness (QED) is 0.592. The van der Waals surface area contributed by atoms with Crippen LogP contribution in [0.2, 0.25) is 0 Å². The van der Waals surface area contributed by atoms with E-state index >= 15 is 0 Å². The van der Waals surface area contributed by atoms with Gasteiger partial charge in [0.25, 0.3) is 0 Å². The molecule has 1 atom stereocenters. The van der Waals surface area contributed by atoms with Crippen LogP contribution in [-0.2, 0) is 0 Å². The van der Waals surface area contributed by atoms with Crippen LogP contribution >= 0.6 is 0 Å². The zero-order valence-electron chi connectivity index (χ0n) is 8.91. The molecule has 0 saturated carbocycles. The largest absolute Gasteiger partial charge is 0.309 e. The lowest BCUT2D eigenvalue weighted by molar-refractivity contribution is -0.967. The monoisotopic (exact) mass is 195 g/mol. The molecule has 0 aliphatic carbocycles. The maximum atomic E-state index is 4.83. The summed E-state index contributed by atoms with van der Waals surface area (Å²) in [7, 11) is 0. The Hall–Kier alpha value is -0.120. The molecule has 14 heavy (non-hydrogen) atoms.